The molecule has 0 aliphatic carbocycles. The lowest BCUT2D eigenvalue weighted by Gasteiger charge is -2.00. The van der Waals surface area contributed by atoms with Gasteiger partial charge in [-0.1, -0.05) is 29.8 Å². The second-order valence-electron chi connectivity index (χ2n) is 3.61. The van der Waals surface area contributed by atoms with Crippen LogP contribution in [0.15, 0.2) is 36.4 Å². The van der Waals surface area contributed by atoms with E-state index in [1.54, 1.807) is 0 Å². The molecule has 0 amide bonds. The molecular weight excluding hydrogens is 202 g/mol. The van der Waals surface area contributed by atoms with E-state index in [1.807, 2.05) is 24.3 Å². The molecular formula is C11H9N5. The first kappa shape index (κ1) is 8.96. The minimum Gasteiger partial charge on any atom is -0.147 e. The third-order valence-electron chi connectivity index (χ3n) is 2.42. The zero-order valence-electron chi connectivity index (χ0n) is 8.70. The largest absolute Gasteiger partial charge is 0.200 e. The van der Waals surface area contributed by atoms with E-state index in [9.17, 15) is 0 Å². The normalized spacial score (nSPS) is 10.8. The van der Waals surface area contributed by atoms with Crippen molar-refractivity contribution >= 4 is 5.65 Å². The maximum Gasteiger partial charge on any atom is 0.200 e. The summed E-state index contributed by atoms with van der Waals surface area (Å²) < 4.78 is 1.43. The van der Waals surface area contributed by atoms with Gasteiger partial charge in [-0.15, -0.1) is 14.8 Å². The maximum atomic E-state index is 4.32. The van der Waals surface area contributed by atoms with Gasteiger partial charge >= 0.3 is 0 Å². The van der Waals surface area contributed by atoms with E-state index >= 15 is 0 Å². The van der Waals surface area contributed by atoms with Crippen LogP contribution in [-0.4, -0.2) is 25.3 Å². The number of rotatable bonds is 1. The Balaban J connectivity index is 2.14. The highest BCUT2D eigenvalue weighted by Gasteiger charge is 2.02. The predicted octanol–water partition coefficient (Wildman–Crippen LogP) is 1.49. The fourth-order valence-corrected chi connectivity index (χ4v) is 1.53. The van der Waals surface area contributed by atoms with Gasteiger partial charge < -0.3 is 0 Å². The van der Waals surface area contributed by atoms with E-state index in [0.29, 0.717) is 5.65 Å². The molecule has 0 atom stereocenters. The maximum absolute atomic E-state index is 4.32. The number of benzene rings is 1. The highest BCUT2D eigenvalue weighted by molar-refractivity contribution is 5.60. The van der Waals surface area contributed by atoms with Gasteiger partial charge in [0.1, 0.15) is 0 Å². The molecule has 0 N–H and O–H groups in total. The van der Waals surface area contributed by atoms with Crippen molar-refractivity contribution in [3.8, 4) is 11.3 Å². The summed E-state index contributed by atoms with van der Waals surface area (Å²) in [7, 11) is 0. The van der Waals surface area contributed by atoms with E-state index in [0.717, 1.165) is 11.3 Å². The summed E-state index contributed by atoms with van der Waals surface area (Å²) in [5, 5.41) is 15.4. The molecule has 3 aromatic rings. The topological polar surface area (TPSA) is 56.0 Å². The molecule has 0 saturated carbocycles. The molecule has 0 unspecified atom stereocenters. The molecule has 2 heterocycles. The fraction of sp³-hybridized carbons (Fsp3) is 0.0909. The summed E-state index contributed by atoms with van der Waals surface area (Å²) in [4.78, 5) is 0. The number of hydrogen-bond donors (Lipinski definition) is 0. The van der Waals surface area contributed by atoms with Crippen molar-refractivity contribution in [2.45, 2.75) is 6.92 Å². The molecule has 0 bridgehead atoms. The minimum atomic E-state index is 0.649. The Morgan fingerprint density at radius 2 is 1.81 bits per heavy atom. The van der Waals surface area contributed by atoms with Gasteiger partial charge in [0.25, 0.3) is 0 Å². The first-order chi connectivity index (χ1) is 7.83. The number of aryl methyl sites for hydroxylation is 1. The molecule has 0 aliphatic heterocycles. The molecule has 2 aromatic heterocycles. The van der Waals surface area contributed by atoms with Gasteiger partial charge in [0, 0.05) is 5.56 Å². The molecule has 3 rings (SSSR count). The van der Waals surface area contributed by atoms with E-state index in [2.05, 4.69) is 39.7 Å². The highest BCUT2D eigenvalue weighted by atomic mass is 15.6. The Kier molecular flexibility index (Phi) is 1.89. The summed E-state index contributed by atoms with van der Waals surface area (Å²) in [5.41, 5.74) is 3.80. The molecule has 0 fully saturated rings. The quantitative estimate of drug-likeness (QED) is 0.612. The van der Waals surface area contributed by atoms with Crippen molar-refractivity contribution in [3.63, 3.8) is 0 Å². The molecule has 16 heavy (non-hydrogen) atoms. The van der Waals surface area contributed by atoms with Crippen molar-refractivity contribution in [2.75, 3.05) is 0 Å². The van der Waals surface area contributed by atoms with Crippen LogP contribution >= 0.6 is 0 Å². The van der Waals surface area contributed by atoms with Gasteiger partial charge in [0.05, 0.1) is 5.69 Å². The Labute approximate surface area is 91.7 Å². The molecule has 0 spiro atoms. The fourth-order valence-electron chi connectivity index (χ4n) is 1.53. The number of aromatic nitrogens is 5. The Bertz CT molecular complexity index is 626. The van der Waals surface area contributed by atoms with E-state index in [1.165, 1.54) is 10.2 Å². The Hall–Kier alpha value is -2.30. The van der Waals surface area contributed by atoms with Crippen LogP contribution < -0.4 is 0 Å². The highest BCUT2D eigenvalue weighted by Crippen LogP contribution is 2.16. The third kappa shape index (κ3) is 1.42. The molecule has 0 radical (unpaired) electrons. The van der Waals surface area contributed by atoms with Crippen LogP contribution in [0.5, 0.6) is 0 Å². The summed E-state index contributed by atoms with van der Waals surface area (Å²) in [6.45, 7) is 2.06. The lowest BCUT2D eigenvalue weighted by molar-refractivity contribution is 0.736. The number of fused-ring (bicyclic) bond motifs is 1. The van der Waals surface area contributed by atoms with E-state index in [4.69, 9.17) is 0 Å². The van der Waals surface area contributed by atoms with Gasteiger partial charge in [0.2, 0.25) is 0 Å². The first-order valence-electron chi connectivity index (χ1n) is 4.95. The summed E-state index contributed by atoms with van der Waals surface area (Å²) in [6, 6.07) is 11.9. The monoisotopic (exact) mass is 211 g/mol. The van der Waals surface area contributed by atoms with Gasteiger partial charge in [-0.3, -0.25) is 0 Å². The second-order valence-corrected chi connectivity index (χ2v) is 3.61. The van der Waals surface area contributed by atoms with Gasteiger partial charge in [-0.2, -0.15) is 0 Å². The summed E-state index contributed by atoms with van der Waals surface area (Å²) in [6.07, 6.45) is 0. The average molecular weight is 211 g/mol. The SMILES string of the molecule is Cc1ccc(-c2ccc3nnnn3n2)cc1. The standard InChI is InChI=1S/C11H9N5/c1-8-2-4-9(5-3-8)10-6-7-11-12-14-15-16(11)13-10/h2-7H,1H3. The molecule has 0 saturated heterocycles. The Morgan fingerprint density at radius 3 is 2.62 bits per heavy atom. The molecule has 0 aliphatic rings. The van der Waals surface area contributed by atoms with Crippen molar-refractivity contribution < 1.29 is 0 Å². The van der Waals surface area contributed by atoms with Crippen LogP contribution in [0.2, 0.25) is 0 Å². The zero-order chi connectivity index (χ0) is 11.0. The molecule has 5 nitrogen and oxygen atoms in total. The van der Waals surface area contributed by atoms with Crippen LogP contribution in [0.1, 0.15) is 5.56 Å². The van der Waals surface area contributed by atoms with Gasteiger partial charge in [0.15, 0.2) is 5.65 Å². The van der Waals surface area contributed by atoms with Crippen LogP contribution in [0.3, 0.4) is 0 Å². The van der Waals surface area contributed by atoms with Crippen molar-refractivity contribution in [1.82, 2.24) is 25.3 Å². The number of hydrogen-bond acceptors (Lipinski definition) is 4. The first-order valence-corrected chi connectivity index (χ1v) is 4.95. The third-order valence-corrected chi connectivity index (χ3v) is 2.42. The smallest absolute Gasteiger partial charge is 0.147 e. The minimum absolute atomic E-state index is 0.649. The molecule has 78 valence electrons. The van der Waals surface area contributed by atoms with Crippen LogP contribution in [-0.2, 0) is 0 Å². The number of tetrazole rings is 1. The van der Waals surface area contributed by atoms with Gasteiger partial charge in [-0.05, 0) is 29.5 Å². The van der Waals surface area contributed by atoms with Crippen LogP contribution in [0.4, 0.5) is 0 Å². The lowest BCUT2D eigenvalue weighted by atomic mass is 10.1. The predicted molar refractivity (Wildman–Crippen MR) is 58.8 cm³/mol. The summed E-state index contributed by atoms with van der Waals surface area (Å²) >= 11 is 0. The lowest BCUT2D eigenvalue weighted by Crippen LogP contribution is -1.96. The van der Waals surface area contributed by atoms with Crippen molar-refractivity contribution in [1.29, 1.82) is 0 Å². The van der Waals surface area contributed by atoms with E-state index in [-0.39, 0.29) is 0 Å². The van der Waals surface area contributed by atoms with E-state index < -0.39 is 0 Å². The molecule has 1 aromatic carbocycles. The van der Waals surface area contributed by atoms with Crippen LogP contribution in [0.25, 0.3) is 16.9 Å². The van der Waals surface area contributed by atoms with Crippen molar-refractivity contribution in [3.05, 3.63) is 42.0 Å². The Morgan fingerprint density at radius 1 is 1.00 bits per heavy atom. The number of nitrogens with zero attached hydrogens (tertiary/aromatic N) is 5. The molecule has 5 heteroatoms. The summed E-state index contributed by atoms with van der Waals surface area (Å²) in [5.74, 6) is 0. The average Bonchev–Trinajstić information content (AvgIpc) is 2.77. The zero-order valence-corrected chi connectivity index (χ0v) is 8.70. The van der Waals surface area contributed by atoms with Gasteiger partial charge in [-0.25, -0.2) is 0 Å². The van der Waals surface area contributed by atoms with Crippen LogP contribution in [0, 0.1) is 6.92 Å². The second kappa shape index (κ2) is 3.37. The van der Waals surface area contributed by atoms with Crippen molar-refractivity contribution in [2.24, 2.45) is 0 Å².